The van der Waals surface area contributed by atoms with Gasteiger partial charge in [-0.15, -0.1) is 0 Å². The minimum Gasteiger partial charge on any atom is -0.384 e. The van der Waals surface area contributed by atoms with Crippen molar-refractivity contribution in [3.8, 4) is 11.8 Å². The van der Waals surface area contributed by atoms with Crippen molar-refractivity contribution in [1.82, 2.24) is 4.90 Å². The first-order chi connectivity index (χ1) is 13.4. The van der Waals surface area contributed by atoms with Crippen LogP contribution in [0.5, 0.6) is 0 Å². The molecule has 1 saturated heterocycles. The zero-order valence-electron chi connectivity index (χ0n) is 16.4. The quantitative estimate of drug-likeness (QED) is 0.436. The van der Waals surface area contributed by atoms with E-state index in [1.807, 2.05) is 61.2 Å². The van der Waals surface area contributed by atoms with Crippen LogP contribution in [0.1, 0.15) is 46.8 Å². The zero-order valence-corrected chi connectivity index (χ0v) is 16.4. The molecular formula is C23H26N4O. The number of anilines is 1. The number of nitrogens with one attached hydrogen (secondary N) is 2. The van der Waals surface area contributed by atoms with Crippen molar-refractivity contribution in [3.63, 3.8) is 0 Å². The number of nitrogen functional groups attached to an aromatic ring is 1. The highest BCUT2D eigenvalue weighted by Gasteiger charge is 2.20. The number of hydrogen-bond acceptors (Lipinski definition) is 3. The van der Waals surface area contributed by atoms with E-state index in [0.717, 1.165) is 48.3 Å². The normalized spacial score (nSPS) is 14.1. The first-order valence-corrected chi connectivity index (χ1v) is 9.56. The number of aryl methyl sites for hydroxylation is 1. The molecule has 1 heterocycles. The van der Waals surface area contributed by atoms with Gasteiger partial charge in [0.15, 0.2) is 0 Å². The molecule has 3 rings (SSSR count). The van der Waals surface area contributed by atoms with Crippen LogP contribution in [-0.2, 0) is 0 Å². The molecule has 0 spiro atoms. The number of carbonyl (C=O) groups excluding carboxylic acids is 1. The van der Waals surface area contributed by atoms with Crippen molar-refractivity contribution < 1.29 is 4.79 Å². The summed E-state index contributed by atoms with van der Waals surface area (Å²) in [6, 6.07) is 13.1. The Morgan fingerprint density at radius 3 is 2.46 bits per heavy atom. The second kappa shape index (κ2) is 8.62. The Balaban J connectivity index is 1.65. The Morgan fingerprint density at radius 2 is 1.86 bits per heavy atom. The summed E-state index contributed by atoms with van der Waals surface area (Å²) >= 11 is 0. The van der Waals surface area contributed by atoms with Gasteiger partial charge in [-0.05, 0) is 74.7 Å². The molecule has 0 aromatic heterocycles. The SMILES string of the molecule is Cc1cc(C#CC(C)Nc2ccc(C(=N)N)cc2)ccc1C(=O)N1CCCC1. The van der Waals surface area contributed by atoms with Crippen LogP contribution < -0.4 is 11.1 Å². The third kappa shape index (κ3) is 4.72. The molecule has 4 N–H and O–H groups in total. The molecule has 5 nitrogen and oxygen atoms in total. The summed E-state index contributed by atoms with van der Waals surface area (Å²) in [6.07, 6.45) is 2.19. The Hall–Kier alpha value is -3.26. The molecule has 0 bridgehead atoms. The number of rotatable bonds is 4. The fraction of sp³-hybridized carbons (Fsp3) is 0.304. The van der Waals surface area contributed by atoms with E-state index in [-0.39, 0.29) is 17.8 Å². The van der Waals surface area contributed by atoms with Crippen molar-refractivity contribution in [2.45, 2.75) is 32.7 Å². The topological polar surface area (TPSA) is 82.2 Å². The molecule has 1 amide bonds. The van der Waals surface area contributed by atoms with Gasteiger partial charge >= 0.3 is 0 Å². The molecule has 5 heteroatoms. The lowest BCUT2D eigenvalue weighted by Gasteiger charge is -2.16. The van der Waals surface area contributed by atoms with E-state index in [4.69, 9.17) is 11.1 Å². The predicted molar refractivity (Wildman–Crippen MR) is 114 cm³/mol. The summed E-state index contributed by atoms with van der Waals surface area (Å²) in [7, 11) is 0. The molecule has 1 aliphatic rings. The van der Waals surface area contributed by atoms with E-state index in [1.54, 1.807) is 0 Å². The van der Waals surface area contributed by atoms with Gasteiger partial charge in [0, 0.05) is 35.5 Å². The van der Waals surface area contributed by atoms with Crippen LogP contribution in [0.3, 0.4) is 0 Å². The third-order valence-electron chi connectivity index (χ3n) is 4.86. The first kappa shape index (κ1) is 19.5. The van der Waals surface area contributed by atoms with Gasteiger partial charge in [-0.25, -0.2) is 0 Å². The Kier molecular flexibility index (Phi) is 6.00. The minimum atomic E-state index is -0.0469. The number of benzene rings is 2. The lowest BCUT2D eigenvalue weighted by molar-refractivity contribution is 0.0792. The molecule has 2 aromatic carbocycles. The summed E-state index contributed by atoms with van der Waals surface area (Å²) < 4.78 is 0. The van der Waals surface area contributed by atoms with Gasteiger partial charge in [0.05, 0.1) is 6.04 Å². The number of carbonyl (C=O) groups is 1. The van der Waals surface area contributed by atoms with Crippen molar-refractivity contribution in [2.24, 2.45) is 5.73 Å². The highest BCUT2D eigenvalue weighted by Crippen LogP contribution is 2.17. The molecule has 1 fully saturated rings. The van der Waals surface area contributed by atoms with Gasteiger partial charge in [-0.2, -0.15) is 0 Å². The van der Waals surface area contributed by atoms with E-state index < -0.39 is 0 Å². The van der Waals surface area contributed by atoms with Crippen LogP contribution in [0.4, 0.5) is 5.69 Å². The van der Waals surface area contributed by atoms with Gasteiger partial charge < -0.3 is 16.0 Å². The average Bonchev–Trinajstić information content (AvgIpc) is 3.21. The van der Waals surface area contributed by atoms with Crippen LogP contribution in [-0.4, -0.2) is 35.8 Å². The molecule has 1 aliphatic heterocycles. The fourth-order valence-corrected chi connectivity index (χ4v) is 3.30. The number of amides is 1. The summed E-state index contributed by atoms with van der Waals surface area (Å²) in [6.45, 7) is 5.67. The Labute approximate surface area is 166 Å². The van der Waals surface area contributed by atoms with E-state index in [2.05, 4.69) is 17.2 Å². The summed E-state index contributed by atoms with van der Waals surface area (Å²) in [5, 5.41) is 10.7. The maximum Gasteiger partial charge on any atom is 0.254 e. The molecular weight excluding hydrogens is 348 g/mol. The minimum absolute atomic E-state index is 0.0469. The Morgan fingerprint density at radius 1 is 1.18 bits per heavy atom. The van der Waals surface area contributed by atoms with Crippen LogP contribution in [0, 0.1) is 24.2 Å². The molecule has 2 aromatic rings. The number of amidine groups is 1. The molecule has 0 radical (unpaired) electrons. The van der Waals surface area contributed by atoms with Gasteiger partial charge in [0.1, 0.15) is 5.84 Å². The van der Waals surface area contributed by atoms with E-state index in [9.17, 15) is 4.79 Å². The van der Waals surface area contributed by atoms with E-state index >= 15 is 0 Å². The molecule has 1 unspecified atom stereocenters. The number of hydrogen-bond donors (Lipinski definition) is 3. The molecule has 0 saturated carbocycles. The van der Waals surface area contributed by atoms with Crippen LogP contribution in [0.2, 0.25) is 0 Å². The second-order valence-corrected chi connectivity index (χ2v) is 7.16. The lowest BCUT2D eigenvalue weighted by Crippen LogP contribution is -2.28. The molecule has 28 heavy (non-hydrogen) atoms. The number of likely N-dealkylation sites (tertiary alicyclic amines) is 1. The number of nitrogens with two attached hydrogens (primary N) is 1. The zero-order chi connectivity index (χ0) is 20.1. The van der Waals surface area contributed by atoms with Gasteiger partial charge in [0.25, 0.3) is 5.91 Å². The summed E-state index contributed by atoms with van der Waals surface area (Å²) in [5.41, 5.74) is 9.72. The highest BCUT2D eigenvalue weighted by molar-refractivity contribution is 5.96. The predicted octanol–water partition coefficient (Wildman–Crippen LogP) is 3.37. The largest absolute Gasteiger partial charge is 0.384 e. The second-order valence-electron chi connectivity index (χ2n) is 7.16. The molecule has 0 aliphatic carbocycles. The highest BCUT2D eigenvalue weighted by atomic mass is 16.2. The van der Waals surface area contributed by atoms with Gasteiger partial charge in [0.2, 0.25) is 0 Å². The average molecular weight is 374 g/mol. The standard InChI is InChI=1S/C23H26N4O/c1-16-15-18(7-12-21(16)23(28)27-13-3-4-14-27)6-5-17(2)26-20-10-8-19(9-11-20)22(24)25/h7-12,15,17,26H,3-4,13-14H2,1-2H3,(H3,24,25). The monoisotopic (exact) mass is 374 g/mol. The Bertz CT molecular complexity index is 931. The maximum atomic E-state index is 12.6. The van der Waals surface area contributed by atoms with Crippen LogP contribution in [0.15, 0.2) is 42.5 Å². The van der Waals surface area contributed by atoms with Gasteiger partial charge in [-0.1, -0.05) is 11.8 Å². The smallest absolute Gasteiger partial charge is 0.254 e. The van der Waals surface area contributed by atoms with Crippen molar-refractivity contribution >= 4 is 17.4 Å². The van der Waals surface area contributed by atoms with Crippen molar-refractivity contribution in [3.05, 3.63) is 64.7 Å². The van der Waals surface area contributed by atoms with Crippen molar-refractivity contribution in [2.75, 3.05) is 18.4 Å². The van der Waals surface area contributed by atoms with E-state index in [1.165, 1.54) is 0 Å². The third-order valence-corrected chi connectivity index (χ3v) is 4.86. The first-order valence-electron chi connectivity index (χ1n) is 9.56. The van der Waals surface area contributed by atoms with Crippen LogP contribution >= 0.6 is 0 Å². The maximum absolute atomic E-state index is 12.6. The van der Waals surface area contributed by atoms with Crippen molar-refractivity contribution in [1.29, 1.82) is 5.41 Å². The molecule has 1 atom stereocenters. The lowest BCUT2D eigenvalue weighted by atomic mass is 10.0. The van der Waals surface area contributed by atoms with Gasteiger partial charge in [-0.3, -0.25) is 10.2 Å². The van der Waals surface area contributed by atoms with Crippen LogP contribution in [0.25, 0.3) is 0 Å². The number of nitrogens with zero attached hydrogens (tertiary/aromatic N) is 1. The summed E-state index contributed by atoms with van der Waals surface area (Å²) in [4.78, 5) is 14.5. The van der Waals surface area contributed by atoms with E-state index in [0.29, 0.717) is 5.56 Å². The summed E-state index contributed by atoms with van der Waals surface area (Å²) in [5.74, 6) is 6.55. The molecule has 144 valence electrons. The fourth-order valence-electron chi connectivity index (χ4n) is 3.30.